The van der Waals surface area contributed by atoms with Crippen LogP contribution in [-0.2, 0) is 38.9 Å². The number of furan rings is 2. The maximum atomic E-state index is 8.00. The van der Waals surface area contributed by atoms with E-state index in [9.17, 15) is 0 Å². The summed E-state index contributed by atoms with van der Waals surface area (Å²) >= 11 is 0. The summed E-state index contributed by atoms with van der Waals surface area (Å²) in [6.45, 7) is 29.4. The molecule has 2 heterocycles. The van der Waals surface area contributed by atoms with Crippen molar-refractivity contribution < 1.29 is 8.83 Å². The van der Waals surface area contributed by atoms with Crippen molar-refractivity contribution in [3.8, 4) is 77.9 Å². The maximum Gasteiger partial charge on any atom is 0.144 e. The number of unbranched alkanes of at least 4 members (excludes halogenated alkanes) is 36. The Labute approximate surface area is 880 Å². The van der Waals surface area contributed by atoms with Crippen LogP contribution in [0.1, 0.15) is 508 Å². The summed E-state index contributed by atoms with van der Waals surface area (Å²) in [6, 6.07) is 74.5. The molecule has 0 atom stereocenters. The van der Waals surface area contributed by atoms with Crippen LogP contribution >= 0.6 is 0 Å². The molecule has 21 rings (SSSR count). The zero-order valence-electron chi connectivity index (χ0n) is 92.6. The van der Waals surface area contributed by atoms with Crippen molar-refractivity contribution in [1.82, 2.24) is 0 Å². The van der Waals surface area contributed by atoms with Crippen molar-refractivity contribution in [3.63, 3.8) is 0 Å². The van der Waals surface area contributed by atoms with Crippen LogP contribution in [0, 0.1) is 0 Å². The van der Waals surface area contributed by atoms with Crippen molar-refractivity contribution in [2.24, 2.45) is 0 Å². The van der Waals surface area contributed by atoms with Gasteiger partial charge in [0.1, 0.15) is 22.2 Å². The molecule has 3 nitrogen and oxygen atoms in total. The highest BCUT2D eigenvalue weighted by atomic mass is 16.3. The second-order valence-electron chi connectivity index (χ2n) is 48.6. The molecule has 8 aliphatic rings. The predicted molar refractivity (Wildman–Crippen MR) is 629 cm³/mol. The molecule has 0 spiro atoms. The predicted octanol–water partition coefficient (Wildman–Crippen LogP) is 42.9. The molecule has 766 valence electrons. The molecular formula is C143H177NO2. The first-order chi connectivity index (χ1) is 71.6. The van der Waals surface area contributed by atoms with Crippen molar-refractivity contribution in [2.75, 3.05) is 4.90 Å². The van der Waals surface area contributed by atoms with Gasteiger partial charge in [-0.25, -0.2) is 0 Å². The molecule has 2 aromatic heterocycles. The van der Waals surface area contributed by atoms with Gasteiger partial charge in [-0.2, -0.15) is 0 Å². The Hall–Kier alpha value is -9.70. The number of hydrogen-bond acceptors (Lipinski definition) is 3. The fourth-order valence-corrected chi connectivity index (χ4v) is 31.1. The molecule has 0 N–H and O–H groups in total. The lowest BCUT2D eigenvalue weighted by atomic mass is 9.62. The summed E-state index contributed by atoms with van der Waals surface area (Å²) in [6.07, 6.45) is 73.9. The van der Waals surface area contributed by atoms with E-state index in [1.54, 1.807) is 72.3 Å². The van der Waals surface area contributed by atoms with Crippen LogP contribution in [0.2, 0.25) is 0 Å². The topological polar surface area (TPSA) is 29.5 Å². The van der Waals surface area contributed by atoms with E-state index >= 15 is 0 Å². The van der Waals surface area contributed by atoms with Gasteiger partial charge in [0.15, 0.2) is 0 Å². The first-order valence-corrected chi connectivity index (χ1v) is 60.9. The van der Waals surface area contributed by atoms with Crippen molar-refractivity contribution in [2.45, 2.75) is 469 Å². The zero-order chi connectivity index (χ0) is 100. The second kappa shape index (κ2) is 44.5. The zero-order valence-corrected chi connectivity index (χ0v) is 92.6. The second-order valence-corrected chi connectivity index (χ2v) is 48.6. The van der Waals surface area contributed by atoms with Gasteiger partial charge in [-0.05, 0) is 300 Å². The molecule has 13 aromatic rings. The standard InChI is InChI=1S/C143H177NO2/c1-13-21-29-37-45-57-83-140(84-58-46-38-30-22-14-2)117-80-73-100-91-99-65-49-50-66-104(99)128(100)130(117)114-98-123-112(96-124(114)140)106-78-75-102(93-121(106)141(123,85-59-47-39-31-23-15-3)86-60-48-40-32-24-16-4)144(101-74-77-105-111-95-120-113(97-119(111)139(11,12)118(105)92-101)129-116(138(120,9)10)81-82-127-131(129)109-68-52-55-71-125(109)145-127)103-76-79-108-122(94-103)143(89-63-43-35-27-19-7,90-64-44-36-28-20-8)136-134(108)137-133(110-69-53-56-72-126(110)146-137)132-107-67-51-54-70-115(107)142(135(132)136,87-61-41-33-25-17-5)88-62-42-34-26-18-6/h49-52,54-55,65-82,92-98H,13-48,53,56-64,83-91H2,1-12H3. The minimum atomic E-state index is -0.354. The lowest BCUT2D eigenvalue weighted by molar-refractivity contribution is 0.369. The monoisotopic (exact) mass is 1940 g/mol. The Balaban J connectivity index is 0.823. The summed E-state index contributed by atoms with van der Waals surface area (Å²) < 4.78 is 14.8. The van der Waals surface area contributed by atoms with Crippen LogP contribution in [0.25, 0.3) is 123 Å². The Morgan fingerprint density at radius 1 is 0.240 bits per heavy atom. The molecule has 3 heteroatoms. The van der Waals surface area contributed by atoms with Crippen LogP contribution in [0.4, 0.5) is 17.1 Å². The fourth-order valence-electron chi connectivity index (χ4n) is 31.1. The minimum absolute atomic E-state index is 0.0913. The smallest absolute Gasteiger partial charge is 0.144 e. The normalized spacial score (nSPS) is 15.8. The first-order valence-electron chi connectivity index (χ1n) is 60.9. The third kappa shape index (κ3) is 18.1. The Bertz CT molecular complexity index is 6950. The van der Waals surface area contributed by atoms with Gasteiger partial charge >= 0.3 is 0 Å². The highest BCUT2D eigenvalue weighted by molar-refractivity contribution is 6.16. The van der Waals surface area contributed by atoms with Crippen LogP contribution < -0.4 is 15.5 Å². The number of rotatable bonds is 55. The van der Waals surface area contributed by atoms with E-state index in [2.05, 4.69) is 276 Å². The molecule has 0 saturated carbocycles. The van der Waals surface area contributed by atoms with E-state index in [1.165, 1.54) is 430 Å². The van der Waals surface area contributed by atoms with E-state index in [4.69, 9.17) is 8.83 Å². The number of para-hydroxylation sites is 1. The number of nitrogens with zero attached hydrogens (tertiary/aromatic N) is 1. The summed E-state index contributed by atoms with van der Waals surface area (Å²) in [4.78, 5) is 2.89. The highest BCUT2D eigenvalue weighted by Crippen LogP contribution is 2.70. The van der Waals surface area contributed by atoms with Gasteiger partial charge in [0, 0.05) is 76.5 Å². The quantitative estimate of drug-likeness (QED) is 0.0356. The third-order valence-corrected chi connectivity index (χ3v) is 38.6. The average molecular weight is 1940 g/mol. The number of anilines is 3. The van der Waals surface area contributed by atoms with Crippen LogP contribution in [0.15, 0.2) is 185 Å². The lowest BCUT2D eigenvalue weighted by Gasteiger charge is -2.40. The van der Waals surface area contributed by atoms with Crippen LogP contribution in [0.5, 0.6) is 0 Å². The Kier molecular flexibility index (Phi) is 31.1. The van der Waals surface area contributed by atoms with Gasteiger partial charge in [0.2, 0.25) is 0 Å². The fraction of sp³-hybridized carbons (Fsp3) is 0.510. The van der Waals surface area contributed by atoms with E-state index in [0.29, 0.717) is 0 Å². The van der Waals surface area contributed by atoms with E-state index in [-0.39, 0.29) is 32.5 Å². The maximum absolute atomic E-state index is 8.00. The third-order valence-electron chi connectivity index (χ3n) is 38.6. The highest BCUT2D eigenvalue weighted by Gasteiger charge is 2.56. The minimum Gasteiger partial charge on any atom is -0.456 e. The largest absolute Gasteiger partial charge is 0.456 e. The Morgan fingerprint density at radius 2 is 0.616 bits per heavy atom. The van der Waals surface area contributed by atoms with Crippen LogP contribution in [-0.4, -0.2) is 0 Å². The van der Waals surface area contributed by atoms with Crippen molar-refractivity contribution in [1.29, 1.82) is 0 Å². The Morgan fingerprint density at radius 3 is 1.18 bits per heavy atom. The molecule has 0 aliphatic heterocycles. The summed E-state index contributed by atoms with van der Waals surface area (Å²) in [5.74, 6) is 0. The van der Waals surface area contributed by atoms with Gasteiger partial charge in [-0.15, -0.1) is 0 Å². The first kappa shape index (κ1) is 102. The van der Waals surface area contributed by atoms with E-state index in [1.807, 2.05) is 0 Å². The van der Waals surface area contributed by atoms with Gasteiger partial charge in [0.25, 0.3) is 0 Å². The molecule has 146 heavy (non-hydrogen) atoms. The number of fused-ring (bicyclic) bond motifs is 32. The number of hydrogen-bond donors (Lipinski definition) is 0. The van der Waals surface area contributed by atoms with E-state index < -0.39 is 0 Å². The van der Waals surface area contributed by atoms with Crippen molar-refractivity contribution in [3.05, 3.63) is 264 Å². The van der Waals surface area contributed by atoms with Gasteiger partial charge in [-0.1, -0.05) is 475 Å². The number of benzene rings is 11. The van der Waals surface area contributed by atoms with Crippen molar-refractivity contribution >= 4 is 62.1 Å². The molecular weight excluding hydrogens is 1760 g/mol. The van der Waals surface area contributed by atoms with E-state index in [0.717, 1.165) is 67.1 Å². The summed E-state index contributed by atoms with van der Waals surface area (Å²) in [5.41, 5.74) is 49.2. The average Bonchev–Trinajstić information content (AvgIpc) is 1.49. The van der Waals surface area contributed by atoms with Gasteiger partial charge < -0.3 is 13.7 Å². The SMILES string of the molecule is CCCCCCCCC1(CCCCCCCC)c2cc(N(c3ccc4c(c3)C(C)(C)c3cc5c(cc3-4)C(C)(C)c3ccc4oc6ccccc6c4c3-5)c3ccc4c(c3)C(CCCCCCC)(CCCCCCC)c3c5c(c6c7c(oc6c3-4)=CCCC=7)-c3ccccc3C5(CCCCCCC)CCCCCCC)ccc2-c2cc3c(cc21)-c1c(ccc2c1-c1ccccc1C2)C3(CCCCCCCC)CCCCCCCC. The van der Waals surface area contributed by atoms with Gasteiger partial charge in [0.05, 0.1) is 0 Å². The van der Waals surface area contributed by atoms with Gasteiger partial charge in [-0.3, -0.25) is 0 Å². The molecule has 0 amide bonds. The molecule has 0 radical (unpaired) electrons. The molecule has 0 saturated heterocycles. The molecule has 0 bridgehead atoms. The summed E-state index contributed by atoms with van der Waals surface area (Å²) in [5, 5.41) is 5.23. The summed E-state index contributed by atoms with van der Waals surface area (Å²) in [7, 11) is 0. The molecule has 11 aromatic carbocycles. The lowest BCUT2D eigenvalue weighted by Crippen LogP contribution is -2.33. The van der Waals surface area contributed by atoms with Crippen LogP contribution in [0.3, 0.4) is 0 Å². The molecule has 8 aliphatic carbocycles. The molecule has 0 unspecified atom stereocenters. The molecule has 0 fully saturated rings.